The molecule has 0 radical (unpaired) electrons. The Balaban J connectivity index is 2.94. The van der Waals surface area contributed by atoms with Crippen molar-refractivity contribution in [2.75, 3.05) is 0 Å². The normalized spacial score (nSPS) is 12.3. The van der Waals surface area contributed by atoms with Crippen molar-refractivity contribution in [3.63, 3.8) is 0 Å². The third-order valence-corrected chi connectivity index (χ3v) is 2.70. The van der Waals surface area contributed by atoms with Crippen molar-refractivity contribution in [1.82, 2.24) is 15.1 Å². The van der Waals surface area contributed by atoms with Gasteiger partial charge < -0.3 is 10.4 Å². The van der Waals surface area contributed by atoms with E-state index in [-0.39, 0.29) is 16.7 Å². The number of carbonyl (C=O) groups is 2. The Hall–Kier alpha value is -1.85. The summed E-state index contributed by atoms with van der Waals surface area (Å²) in [5.41, 5.74) is -0.530. The lowest BCUT2D eigenvalue weighted by molar-refractivity contribution is 0.0688. The Bertz CT molecular complexity index is 524. The van der Waals surface area contributed by atoms with E-state index in [0.29, 0.717) is 0 Å². The molecule has 6 nitrogen and oxygen atoms in total. The molecule has 0 aliphatic heterocycles. The Morgan fingerprint density at radius 2 is 1.85 bits per heavy atom. The van der Waals surface area contributed by atoms with E-state index in [1.54, 1.807) is 7.05 Å². The second-order valence-electron chi connectivity index (χ2n) is 6.95. The Labute approximate surface area is 119 Å². The van der Waals surface area contributed by atoms with Crippen LogP contribution in [0.4, 0.5) is 0 Å². The molecule has 1 rings (SSSR count). The molecule has 1 heterocycles. The number of carboxylic acid groups (broad SMARTS) is 1. The predicted octanol–water partition coefficient (Wildman–Crippen LogP) is 2.06. The van der Waals surface area contributed by atoms with Crippen molar-refractivity contribution < 1.29 is 14.7 Å². The quantitative estimate of drug-likeness (QED) is 0.884. The van der Waals surface area contributed by atoms with E-state index in [0.717, 1.165) is 6.42 Å². The Morgan fingerprint density at radius 3 is 2.30 bits per heavy atom. The first-order chi connectivity index (χ1) is 8.91. The number of nitrogens with one attached hydrogen (secondary N) is 1. The van der Waals surface area contributed by atoms with Crippen LogP contribution in [-0.4, -0.2) is 32.3 Å². The molecule has 0 aliphatic carbocycles. The highest BCUT2D eigenvalue weighted by atomic mass is 16.4. The monoisotopic (exact) mass is 281 g/mol. The third-order valence-electron chi connectivity index (χ3n) is 2.70. The van der Waals surface area contributed by atoms with E-state index in [1.165, 1.54) is 10.9 Å². The maximum atomic E-state index is 12.2. The maximum absolute atomic E-state index is 12.2. The van der Waals surface area contributed by atoms with Gasteiger partial charge in [0.05, 0.1) is 0 Å². The minimum absolute atomic E-state index is 0.0521. The van der Waals surface area contributed by atoms with Crippen molar-refractivity contribution >= 4 is 11.9 Å². The van der Waals surface area contributed by atoms with E-state index in [1.807, 2.05) is 13.8 Å². The number of aromatic nitrogens is 2. The zero-order chi connectivity index (χ0) is 15.7. The van der Waals surface area contributed by atoms with E-state index >= 15 is 0 Å². The second kappa shape index (κ2) is 5.26. The van der Waals surface area contributed by atoms with Crippen molar-refractivity contribution in [2.24, 2.45) is 12.5 Å². The third kappa shape index (κ3) is 4.36. The molecule has 0 unspecified atom stereocenters. The molecule has 0 bridgehead atoms. The first-order valence-corrected chi connectivity index (χ1v) is 6.51. The lowest BCUT2D eigenvalue weighted by Gasteiger charge is -2.33. The second-order valence-corrected chi connectivity index (χ2v) is 6.95. The summed E-state index contributed by atoms with van der Waals surface area (Å²) in [5, 5.41) is 15.9. The van der Waals surface area contributed by atoms with Gasteiger partial charge in [0.25, 0.3) is 5.91 Å². The molecule has 0 saturated heterocycles. The smallest absolute Gasteiger partial charge is 0.339 e. The molecular weight excluding hydrogens is 258 g/mol. The van der Waals surface area contributed by atoms with Gasteiger partial charge in [-0.15, -0.1) is 0 Å². The summed E-state index contributed by atoms with van der Waals surface area (Å²) in [5.74, 6) is -1.62. The van der Waals surface area contributed by atoms with Gasteiger partial charge in [-0.25, -0.2) is 4.79 Å². The van der Waals surface area contributed by atoms with Gasteiger partial charge in [0.1, 0.15) is 5.56 Å². The fraction of sp³-hybridized carbons (Fsp3) is 0.643. The van der Waals surface area contributed by atoms with Crippen LogP contribution in [0.15, 0.2) is 6.20 Å². The summed E-state index contributed by atoms with van der Waals surface area (Å²) < 4.78 is 1.33. The number of hydrogen-bond donors (Lipinski definition) is 2. The van der Waals surface area contributed by atoms with Gasteiger partial charge in [0, 0.05) is 18.8 Å². The number of carboxylic acids is 1. The number of aryl methyl sites for hydroxylation is 1. The molecule has 0 aliphatic rings. The van der Waals surface area contributed by atoms with Crippen molar-refractivity contribution in [3.8, 4) is 0 Å². The van der Waals surface area contributed by atoms with Crippen LogP contribution in [0.5, 0.6) is 0 Å². The van der Waals surface area contributed by atoms with Crippen LogP contribution < -0.4 is 5.32 Å². The van der Waals surface area contributed by atoms with Crippen molar-refractivity contribution in [2.45, 2.75) is 46.6 Å². The van der Waals surface area contributed by atoms with E-state index in [4.69, 9.17) is 5.11 Å². The van der Waals surface area contributed by atoms with Gasteiger partial charge >= 0.3 is 5.97 Å². The molecule has 0 spiro atoms. The molecule has 1 amide bonds. The summed E-state index contributed by atoms with van der Waals surface area (Å²) in [7, 11) is 1.59. The van der Waals surface area contributed by atoms with Crippen molar-refractivity contribution in [1.29, 1.82) is 0 Å². The van der Waals surface area contributed by atoms with Crippen molar-refractivity contribution in [3.05, 3.63) is 17.5 Å². The number of aromatic carboxylic acids is 1. The van der Waals surface area contributed by atoms with Crippen LogP contribution in [0.2, 0.25) is 0 Å². The minimum Gasteiger partial charge on any atom is -0.478 e. The van der Waals surface area contributed by atoms with E-state index in [9.17, 15) is 9.59 Å². The zero-order valence-electron chi connectivity index (χ0n) is 12.9. The van der Waals surface area contributed by atoms with Crippen LogP contribution in [0.25, 0.3) is 0 Å². The highest BCUT2D eigenvalue weighted by Gasteiger charge is 2.30. The van der Waals surface area contributed by atoms with E-state index in [2.05, 4.69) is 31.2 Å². The largest absolute Gasteiger partial charge is 0.478 e. The average molecular weight is 281 g/mol. The standard InChI is InChI=1S/C14H23N3O3/c1-13(2,3)8-14(4,5)15-11(18)10-9(12(19)20)7-17(6)16-10/h7H,8H2,1-6H3,(H,15,18)(H,19,20). The molecule has 0 atom stereocenters. The first-order valence-electron chi connectivity index (χ1n) is 6.51. The molecule has 112 valence electrons. The summed E-state index contributed by atoms with van der Waals surface area (Å²) >= 11 is 0. The molecule has 2 N–H and O–H groups in total. The van der Waals surface area contributed by atoms with Gasteiger partial charge in [0.15, 0.2) is 5.69 Å². The number of nitrogens with zero attached hydrogens (tertiary/aromatic N) is 2. The topological polar surface area (TPSA) is 84.2 Å². The maximum Gasteiger partial charge on any atom is 0.339 e. The molecule has 20 heavy (non-hydrogen) atoms. The van der Waals surface area contributed by atoms with Crippen LogP contribution >= 0.6 is 0 Å². The summed E-state index contributed by atoms with van der Waals surface area (Å²) in [6.45, 7) is 10.1. The fourth-order valence-corrected chi connectivity index (χ4v) is 2.55. The van der Waals surface area contributed by atoms with Gasteiger partial charge in [0.2, 0.25) is 0 Å². The number of carbonyl (C=O) groups excluding carboxylic acids is 1. The summed E-state index contributed by atoms with van der Waals surface area (Å²) in [6, 6.07) is 0. The highest BCUT2D eigenvalue weighted by molar-refractivity contribution is 6.03. The molecule has 6 heteroatoms. The summed E-state index contributed by atoms with van der Waals surface area (Å²) in [4.78, 5) is 23.3. The van der Waals surface area contributed by atoms with Crippen LogP contribution in [0, 0.1) is 5.41 Å². The van der Waals surface area contributed by atoms with Gasteiger partial charge in [-0.05, 0) is 25.7 Å². The lowest BCUT2D eigenvalue weighted by Crippen LogP contribution is -2.46. The number of rotatable bonds is 4. The fourth-order valence-electron chi connectivity index (χ4n) is 2.55. The minimum atomic E-state index is -1.16. The Kier molecular flexibility index (Phi) is 4.27. The van der Waals surface area contributed by atoms with Crippen LogP contribution in [0.3, 0.4) is 0 Å². The zero-order valence-corrected chi connectivity index (χ0v) is 12.9. The molecular formula is C14H23N3O3. The van der Waals surface area contributed by atoms with Gasteiger partial charge in [-0.2, -0.15) is 5.10 Å². The number of hydrogen-bond acceptors (Lipinski definition) is 3. The molecule has 0 aromatic carbocycles. The van der Waals surface area contributed by atoms with Gasteiger partial charge in [-0.3, -0.25) is 9.48 Å². The SMILES string of the molecule is Cn1cc(C(=O)O)c(C(=O)NC(C)(C)CC(C)(C)C)n1. The average Bonchev–Trinajstić information content (AvgIpc) is 2.55. The number of amides is 1. The van der Waals surface area contributed by atoms with Gasteiger partial charge in [-0.1, -0.05) is 20.8 Å². The first kappa shape index (κ1) is 16.2. The molecule has 0 saturated carbocycles. The van der Waals surface area contributed by atoms with E-state index < -0.39 is 17.4 Å². The molecule has 0 fully saturated rings. The lowest BCUT2D eigenvalue weighted by atomic mass is 9.81. The van der Waals surface area contributed by atoms with Crippen LogP contribution in [-0.2, 0) is 7.05 Å². The Morgan fingerprint density at radius 1 is 1.30 bits per heavy atom. The molecule has 1 aromatic heterocycles. The van der Waals surface area contributed by atoms with Crippen LogP contribution in [0.1, 0.15) is 61.9 Å². The summed E-state index contributed by atoms with van der Waals surface area (Å²) in [6.07, 6.45) is 2.09. The highest BCUT2D eigenvalue weighted by Crippen LogP contribution is 2.27. The predicted molar refractivity (Wildman–Crippen MR) is 75.8 cm³/mol. The molecule has 1 aromatic rings.